The lowest BCUT2D eigenvalue weighted by atomic mass is 9.47. The summed E-state index contributed by atoms with van der Waals surface area (Å²) in [6.07, 6.45) is 11.7. The highest BCUT2D eigenvalue weighted by Crippen LogP contribution is 2.61. The molecule has 1 unspecified atom stereocenters. The third-order valence-electron chi connectivity index (χ3n) is 7.02. The molecule has 0 aromatic carbocycles. The number of rotatable bonds is 6. The Hall–Kier alpha value is -1.09. The summed E-state index contributed by atoms with van der Waals surface area (Å²) in [4.78, 5) is 10.9. The highest BCUT2D eigenvalue weighted by Gasteiger charge is 2.52. The fraction of sp³-hybridized carbons (Fsp3) is 0.773. The van der Waals surface area contributed by atoms with E-state index in [1.54, 1.807) is 0 Å². The molecule has 1 saturated carbocycles. The lowest BCUT2D eigenvalue weighted by Crippen LogP contribution is -2.50. The summed E-state index contributed by atoms with van der Waals surface area (Å²) in [5.41, 5.74) is 3.04. The largest absolute Gasteiger partial charge is 0.461 e. The second-order valence-electron chi connectivity index (χ2n) is 8.85. The van der Waals surface area contributed by atoms with Crippen molar-refractivity contribution in [3.63, 3.8) is 0 Å². The average molecular weight is 349 g/mol. The van der Waals surface area contributed by atoms with Gasteiger partial charge < -0.3 is 9.84 Å². The summed E-state index contributed by atoms with van der Waals surface area (Å²) in [7, 11) is 0. The molecule has 0 heterocycles. The van der Waals surface area contributed by atoms with Crippen molar-refractivity contribution < 1.29 is 14.6 Å². The fourth-order valence-electron chi connectivity index (χ4n) is 5.53. The third-order valence-corrected chi connectivity index (χ3v) is 7.02. The van der Waals surface area contributed by atoms with Gasteiger partial charge in [-0.1, -0.05) is 38.0 Å². The Balaban J connectivity index is 2.07. The van der Waals surface area contributed by atoms with Crippen LogP contribution in [-0.2, 0) is 9.53 Å². The van der Waals surface area contributed by atoms with E-state index < -0.39 is 0 Å². The highest BCUT2D eigenvalue weighted by molar-refractivity contribution is 5.66. The summed E-state index contributed by atoms with van der Waals surface area (Å²) in [5.74, 6) is 0.728. The molecule has 1 N–H and O–H groups in total. The molecule has 0 saturated heterocycles. The van der Waals surface area contributed by atoms with Gasteiger partial charge in [0.15, 0.2) is 0 Å². The normalized spacial score (nSPS) is 35.8. The van der Waals surface area contributed by atoms with E-state index in [4.69, 9.17) is 4.74 Å². The molecule has 0 bridgehead atoms. The van der Waals surface area contributed by atoms with Crippen LogP contribution < -0.4 is 0 Å². The summed E-state index contributed by atoms with van der Waals surface area (Å²) in [6, 6.07) is 0. The van der Waals surface area contributed by atoms with Gasteiger partial charge in [0.25, 0.3) is 0 Å². The molecule has 2 aliphatic rings. The second-order valence-corrected chi connectivity index (χ2v) is 8.85. The van der Waals surface area contributed by atoms with Crippen molar-refractivity contribution in [1.29, 1.82) is 0 Å². The molecule has 2 aliphatic carbocycles. The van der Waals surface area contributed by atoms with Crippen LogP contribution in [0.2, 0.25) is 0 Å². The maximum atomic E-state index is 10.9. The van der Waals surface area contributed by atoms with Gasteiger partial charge in [-0.25, -0.2) is 0 Å². The summed E-state index contributed by atoms with van der Waals surface area (Å²) in [5, 5.41) is 10.00. The molecule has 0 aliphatic heterocycles. The number of carbonyl (C=O) groups excluding carboxylic acids is 1. The molecule has 0 spiro atoms. The predicted octanol–water partition coefficient (Wildman–Crippen LogP) is 5.05. The standard InChI is InChI=1S/C22H36O3/c1-16(15-25-18(3)24)8-6-11-21(4)12-7-13-22(5)19(14-23)17(2)9-10-20(21)22/h8-9,19-20,23H,6-7,10-15H2,1-5H3/b16-8+/t19-,20?,21+,22+/m0/s1. The van der Waals surface area contributed by atoms with Gasteiger partial charge in [-0.2, -0.15) is 0 Å². The zero-order valence-electron chi connectivity index (χ0n) is 16.7. The maximum absolute atomic E-state index is 10.9. The van der Waals surface area contributed by atoms with Crippen molar-refractivity contribution in [2.75, 3.05) is 13.2 Å². The molecular formula is C22H36O3. The molecule has 1 fully saturated rings. The Labute approximate surface area is 153 Å². The number of hydrogen-bond acceptors (Lipinski definition) is 3. The Kier molecular flexibility index (Phi) is 6.53. The van der Waals surface area contributed by atoms with Gasteiger partial charge in [-0.15, -0.1) is 0 Å². The van der Waals surface area contributed by atoms with E-state index in [1.807, 2.05) is 6.92 Å². The van der Waals surface area contributed by atoms with Crippen molar-refractivity contribution in [1.82, 2.24) is 0 Å². The first-order valence-electron chi connectivity index (χ1n) is 9.79. The number of ether oxygens (including phenoxy) is 1. The molecule has 142 valence electrons. The molecule has 3 heteroatoms. The summed E-state index contributed by atoms with van der Waals surface area (Å²) >= 11 is 0. The lowest BCUT2D eigenvalue weighted by Gasteiger charge is -2.57. The van der Waals surface area contributed by atoms with E-state index in [-0.39, 0.29) is 18.0 Å². The molecule has 0 aromatic heterocycles. The number of fused-ring (bicyclic) bond motifs is 1. The number of hydrogen-bond donors (Lipinski definition) is 1. The Morgan fingerprint density at radius 1 is 1.36 bits per heavy atom. The summed E-state index contributed by atoms with van der Waals surface area (Å²) in [6.45, 7) is 11.2. The SMILES string of the molecule is CC(=O)OC/C(C)=C/CC[C@]1(C)CCC[C@@]2(C)C1CC=C(C)[C@@H]2CO. The minimum atomic E-state index is -0.220. The topological polar surface area (TPSA) is 46.5 Å². The van der Waals surface area contributed by atoms with Crippen molar-refractivity contribution in [3.05, 3.63) is 23.3 Å². The van der Waals surface area contributed by atoms with E-state index >= 15 is 0 Å². The van der Waals surface area contributed by atoms with Crippen molar-refractivity contribution in [2.24, 2.45) is 22.7 Å². The zero-order valence-corrected chi connectivity index (χ0v) is 16.7. The number of aliphatic hydroxyl groups is 1. The van der Waals surface area contributed by atoms with Crippen molar-refractivity contribution in [3.8, 4) is 0 Å². The average Bonchev–Trinajstić information content (AvgIpc) is 2.52. The van der Waals surface area contributed by atoms with Crippen molar-refractivity contribution >= 4 is 5.97 Å². The van der Waals surface area contributed by atoms with E-state index in [0.29, 0.717) is 23.9 Å². The highest BCUT2D eigenvalue weighted by atomic mass is 16.5. The molecule has 0 amide bonds. The van der Waals surface area contributed by atoms with Gasteiger partial charge in [0.1, 0.15) is 6.61 Å². The second kappa shape index (κ2) is 8.07. The molecule has 0 aromatic rings. The van der Waals surface area contributed by atoms with Crippen LogP contribution in [0.15, 0.2) is 23.3 Å². The van der Waals surface area contributed by atoms with Gasteiger partial charge in [-0.3, -0.25) is 4.79 Å². The maximum Gasteiger partial charge on any atom is 0.302 e. The van der Waals surface area contributed by atoms with Gasteiger partial charge in [0.2, 0.25) is 0 Å². The first-order chi connectivity index (χ1) is 11.7. The minimum absolute atomic E-state index is 0.219. The van der Waals surface area contributed by atoms with Crippen LogP contribution in [0.3, 0.4) is 0 Å². The Morgan fingerprint density at radius 3 is 2.72 bits per heavy atom. The quantitative estimate of drug-likeness (QED) is 0.540. The molecule has 3 nitrogen and oxygen atoms in total. The smallest absolute Gasteiger partial charge is 0.302 e. The number of carbonyl (C=O) groups is 1. The van der Waals surface area contributed by atoms with E-state index in [9.17, 15) is 9.90 Å². The van der Waals surface area contributed by atoms with Crippen LogP contribution in [0.1, 0.15) is 73.1 Å². The van der Waals surface area contributed by atoms with Crippen LogP contribution in [0, 0.1) is 22.7 Å². The van der Waals surface area contributed by atoms with Crippen LogP contribution in [0.25, 0.3) is 0 Å². The van der Waals surface area contributed by atoms with Gasteiger partial charge in [0.05, 0.1) is 6.61 Å². The van der Waals surface area contributed by atoms with Gasteiger partial charge in [0, 0.05) is 12.8 Å². The number of esters is 1. The van der Waals surface area contributed by atoms with Crippen LogP contribution in [0.5, 0.6) is 0 Å². The number of allylic oxidation sites excluding steroid dienone is 2. The first kappa shape index (κ1) is 20.2. The Bertz CT molecular complexity index is 547. The lowest BCUT2D eigenvalue weighted by molar-refractivity contribution is -0.139. The van der Waals surface area contributed by atoms with E-state index in [0.717, 1.165) is 24.8 Å². The van der Waals surface area contributed by atoms with Crippen LogP contribution in [-0.4, -0.2) is 24.3 Å². The Morgan fingerprint density at radius 2 is 2.08 bits per heavy atom. The monoisotopic (exact) mass is 348 g/mol. The molecular weight excluding hydrogens is 312 g/mol. The van der Waals surface area contributed by atoms with Gasteiger partial charge in [-0.05, 0) is 68.3 Å². The number of aliphatic hydroxyl groups excluding tert-OH is 1. The minimum Gasteiger partial charge on any atom is -0.461 e. The van der Waals surface area contributed by atoms with E-state index in [1.165, 1.54) is 31.8 Å². The summed E-state index contributed by atoms with van der Waals surface area (Å²) < 4.78 is 5.07. The molecule has 25 heavy (non-hydrogen) atoms. The van der Waals surface area contributed by atoms with Crippen LogP contribution in [0.4, 0.5) is 0 Å². The van der Waals surface area contributed by atoms with Crippen molar-refractivity contribution in [2.45, 2.75) is 73.1 Å². The third kappa shape index (κ3) is 4.36. The first-order valence-corrected chi connectivity index (χ1v) is 9.79. The molecule has 0 radical (unpaired) electrons. The predicted molar refractivity (Wildman–Crippen MR) is 102 cm³/mol. The fourth-order valence-corrected chi connectivity index (χ4v) is 5.53. The zero-order chi connectivity index (χ0) is 18.7. The van der Waals surface area contributed by atoms with Crippen LogP contribution >= 0.6 is 0 Å². The molecule has 4 atom stereocenters. The molecule has 2 rings (SSSR count). The van der Waals surface area contributed by atoms with Gasteiger partial charge >= 0.3 is 5.97 Å². The van der Waals surface area contributed by atoms with E-state index in [2.05, 4.69) is 32.9 Å².